The number of anilines is 1. The first-order valence-electron chi connectivity index (χ1n) is 7.82. The lowest BCUT2D eigenvalue weighted by Gasteiger charge is -2.14. The van der Waals surface area contributed by atoms with Crippen LogP contribution in [-0.2, 0) is 10.0 Å². The molecule has 1 atom stereocenters. The van der Waals surface area contributed by atoms with Crippen molar-refractivity contribution >= 4 is 26.6 Å². The van der Waals surface area contributed by atoms with Gasteiger partial charge < -0.3 is 4.85 Å². The SMILES string of the molecule is [C-]#[N+]CCC(c1ccccc1)c1[nH]nc2c(NS(C)(=O)=O)cccc12. The Kier molecular flexibility index (Phi) is 4.72. The summed E-state index contributed by atoms with van der Waals surface area (Å²) in [5.74, 6) is -0.00576. The van der Waals surface area contributed by atoms with E-state index in [0.29, 0.717) is 24.2 Å². The number of rotatable bonds is 6. The van der Waals surface area contributed by atoms with E-state index in [-0.39, 0.29) is 5.92 Å². The van der Waals surface area contributed by atoms with E-state index in [1.807, 2.05) is 36.4 Å². The van der Waals surface area contributed by atoms with Crippen LogP contribution in [0.15, 0.2) is 48.5 Å². The van der Waals surface area contributed by atoms with Crippen molar-refractivity contribution in [3.8, 4) is 0 Å². The molecule has 1 heterocycles. The highest BCUT2D eigenvalue weighted by Gasteiger charge is 2.21. The summed E-state index contributed by atoms with van der Waals surface area (Å²) < 4.78 is 25.6. The fraction of sp³-hybridized carbons (Fsp3) is 0.222. The number of hydrogen-bond donors (Lipinski definition) is 2. The minimum absolute atomic E-state index is 0.00576. The van der Waals surface area contributed by atoms with Crippen molar-refractivity contribution in [3.05, 3.63) is 71.2 Å². The van der Waals surface area contributed by atoms with Gasteiger partial charge in [0, 0.05) is 17.7 Å². The molecule has 25 heavy (non-hydrogen) atoms. The standard InChI is InChI=1S/C18H18N4O2S/c1-19-12-11-14(13-7-4-3-5-8-13)17-15-9-6-10-16(18(15)21-20-17)22-25(2,23)24/h3-10,14,22H,11-12H2,2H3,(H,20,21). The van der Waals surface area contributed by atoms with Crippen LogP contribution in [0.4, 0.5) is 5.69 Å². The Bertz CT molecular complexity index is 1020. The van der Waals surface area contributed by atoms with Crippen LogP contribution < -0.4 is 4.72 Å². The van der Waals surface area contributed by atoms with E-state index >= 15 is 0 Å². The third-order valence-corrected chi connectivity index (χ3v) is 4.58. The highest BCUT2D eigenvalue weighted by Crippen LogP contribution is 2.34. The third-order valence-electron chi connectivity index (χ3n) is 3.99. The smallest absolute Gasteiger partial charge is 0.229 e. The monoisotopic (exact) mass is 354 g/mol. The first-order chi connectivity index (χ1) is 12.0. The molecule has 0 fully saturated rings. The Balaban J connectivity index is 2.10. The second-order valence-electron chi connectivity index (χ2n) is 5.85. The van der Waals surface area contributed by atoms with Gasteiger partial charge in [-0.1, -0.05) is 42.5 Å². The quantitative estimate of drug-likeness (QED) is 0.666. The number of fused-ring (bicyclic) bond motifs is 1. The molecule has 0 saturated carbocycles. The van der Waals surface area contributed by atoms with Crippen LogP contribution in [0.3, 0.4) is 0 Å². The topological polar surface area (TPSA) is 79.2 Å². The van der Waals surface area contributed by atoms with Gasteiger partial charge in [-0.25, -0.2) is 15.0 Å². The van der Waals surface area contributed by atoms with Crippen LogP contribution in [0, 0.1) is 6.57 Å². The van der Waals surface area contributed by atoms with Gasteiger partial charge in [0.05, 0.1) is 17.6 Å². The molecular formula is C18H18N4O2S. The summed E-state index contributed by atoms with van der Waals surface area (Å²) in [6.45, 7) is 7.51. The Morgan fingerprint density at radius 2 is 1.96 bits per heavy atom. The number of sulfonamides is 1. The molecule has 0 aliphatic heterocycles. The fourth-order valence-electron chi connectivity index (χ4n) is 2.96. The molecule has 7 heteroatoms. The minimum Gasteiger partial charge on any atom is -0.317 e. The van der Waals surface area contributed by atoms with Crippen molar-refractivity contribution in [2.24, 2.45) is 0 Å². The predicted molar refractivity (Wildman–Crippen MR) is 98.9 cm³/mol. The molecule has 0 saturated heterocycles. The number of H-pyrrole nitrogens is 1. The lowest BCUT2D eigenvalue weighted by molar-refractivity contribution is 0.607. The van der Waals surface area contributed by atoms with Crippen LogP contribution >= 0.6 is 0 Å². The van der Waals surface area contributed by atoms with Crippen molar-refractivity contribution in [1.29, 1.82) is 0 Å². The molecule has 0 aliphatic rings. The number of aromatic amines is 1. The second kappa shape index (κ2) is 6.95. The first kappa shape index (κ1) is 17.0. The zero-order valence-corrected chi connectivity index (χ0v) is 14.5. The molecule has 1 unspecified atom stereocenters. The van der Waals surface area contributed by atoms with E-state index in [0.717, 1.165) is 22.9 Å². The number of benzene rings is 2. The molecule has 0 amide bonds. The van der Waals surface area contributed by atoms with Gasteiger partial charge in [-0.15, -0.1) is 0 Å². The van der Waals surface area contributed by atoms with Gasteiger partial charge in [-0.05, 0) is 11.6 Å². The molecule has 6 nitrogen and oxygen atoms in total. The van der Waals surface area contributed by atoms with Crippen LogP contribution in [0.25, 0.3) is 15.7 Å². The van der Waals surface area contributed by atoms with Crippen molar-refractivity contribution in [3.63, 3.8) is 0 Å². The van der Waals surface area contributed by atoms with Crippen LogP contribution in [-0.4, -0.2) is 31.4 Å². The number of para-hydroxylation sites is 1. The van der Waals surface area contributed by atoms with Gasteiger partial charge >= 0.3 is 0 Å². The molecule has 0 aliphatic carbocycles. The van der Waals surface area contributed by atoms with Crippen molar-refractivity contribution in [2.45, 2.75) is 12.3 Å². The van der Waals surface area contributed by atoms with E-state index in [1.54, 1.807) is 12.1 Å². The Hall–Kier alpha value is -2.85. The Labute approximate surface area is 146 Å². The lowest BCUT2D eigenvalue weighted by Crippen LogP contribution is -2.09. The fourth-order valence-corrected chi connectivity index (χ4v) is 3.53. The highest BCUT2D eigenvalue weighted by atomic mass is 32.2. The third kappa shape index (κ3) is 3.80. The zero-order valence-electron chi connectivity index (χ0n) is 13.7. The summed E-state index contributed by atoms with van der Waals surface area (Å²) in [6, 6.07) is 15.3. The summed E-state index contributed by atoms with van der Waals surface area (Å²) in [6.07, 6.45) is 1.77. The number of nitrogens with one attached hydrogen (secondary N) is 2. The summed E-state index contributed by atoms with van der Waals surface area (Å²) >= 11 is 0. The van der Waals surface area contributed by atoms with Gasteiger partial charge in [-0.3, -0.25) is 9.82 Å². The van der Waals surface area contributed by atoms with Crippen LogP contribution in [0.1, 0.15) is 23.6 Å². The molecule has 3 aromatic rings. The molecule has 0 bridgehead atoms. The van der Waals surface area contributed by atoms with Gasteiger partial charge in [0.25, 0.3) is 0 Å². The number of hydrogen-bond acceptors (Lipinski definition) is 3. The van der Waals surface area contributed by atoms with Crippen LogP contribution in [0.2, 0.25) is 0 Å². The average Bonchev–Trinajstić information content (AvgIpc) is 3.00. The summed E-state index contributed by atoms with van der Waals surface area (Å²) in [7, 11) is -3.39. The maximum Gasteiger partial charge on any atom is 0.229 e. The maximum absolute atomic E-state index is 11.6. The van der Waals surface area contributed by atoms with E-state index < -0.39 is 10.0 Å². The molecule has 2 aromatic carbocycles. The Morgan fingerprint density at radius 3 is 2.64 bits per heavy atom. The predicted octanol–water partition coefficient (Wildman–Crippen LogP) is 3.38. The summed E-state index contributed by atoms with van der Waals surface area (Å²) in [5.41, 5.74) is 3.01. The normalized spacial score (nSPS) is 12.6. The van der Waals surface area contributed by atoms with Crippen molar-refractivity contribution in [2.75, 3.05) is 17.5 Å². The van der Waals surface area contributed by atoms with Crippen molar-refractivity contribution in [1.82, 2.24) is 10.2 Å². The second-order valence-corrected chi connectivity index (χ2v) is 7.60. The minimum atomic E-state index is -3.39. The number of aromatic nitrogens is 2. The van der Waals surface area contributed by atoms with E-state index in [1.165, 1.54) is 0 Å². The van der Waals surface area contributed by atoms with E-state index in [4.69, 9.17) is 6.57 Å². The summed E-state index contributed by atoms with van der Waals surface area (Å²) in [5, 5.41) is 8.24. The van der Waals surface area contributed by atoms with Gasteiger partial charge in [0.1, 0.15) is 5.52 Å². The average molecular weight is 354 g/mol. The first-order valence-corrected chi connectivity index (χ1v) is 9.71. The van der Waals surface area contributed by atoms with E-state index in [2.05, 4.69) is 19.8 Å². The molecule has 3 rings (SSSR count). The van der Waals surface area contributed by atoms with Gasteiger partial charge in [0.15, 0.2) is 0 Å². The summed E-state index contributed by atoms with van der Waals surface area (Å²) in [4.78, 5) is 3.48. The van der Waals surface area contributed by atoms with Crippen molar-refractivity contribution < 1.29 is 8.42 Å². The largest absolute Gasteiger partial charge is 0.317 e. The Morgan fingerprint density at radius 1 is 1.20 bits per heavy atom. The highest BCUT2D eigenvalue weighted by molar-refractivity contribution is 7.92. The van der Waals surface area contributed by atoms with Gasteiger partial charge in [0.2, 0.25) is 16.6 Å². The molecule has 0 spiro atoms. The molecule has 128 valence electrons. The lowest BCUT2D eigenvalue weighted by atomic mass is 9.90. The molecule has 1 aromatic heterocycles. The maximum atomic E-state index is 11.6. The van der Waals surface area contributed by atoms with E-state index in [9.17, 15) is 8.42 Å². The molecular weight excluding hydrogens is 336 g/mol. The molecule has 2 N–H and O–H groups in total. The zero-order chi connectivity index (χ0) is 17.9. The molecule has 0 radical (unpaired) electrons. The van der Waals surface area contributed by atoms with Gasteiger partial charge in [-0.2, -0.15) is 5.10 Å². The van der Waals surface area contributed by atoms with Crippen LogP contribution in [0.5, 0.6) is 0 Å². The number of nitrogens with zero attached hydrogens (tertiary/aromatic N) is 2.